The normalized spacial score (nSPS) is 11.0. The number of H-pyrrole nitrogens is 1. The molecular formula is C13H13FIN3O. The second-order valence-corrected chi connectivity index (χ2v) is 5.71. The topological polar surface area (TPSA) is 58.6 Å². The first-order chi connectivity index (χ1) is 8.97. The Morgan fingerprint density at radius 1 is 1.42 bits per heavy atom. The van der Waals surface area contributed by atoms with Crippen molar-refractivity contribution in [1.29, 1.82) is 0 Å². The summed E-state index contributed by atoms with van der Waals surface area (Å²) in [4.78, 5) is 22.9. The number of hydrogen-bond acceptors (Lipinski definition) is 3. The smallest absolute Gasteiger partial charge is 0.264 e. The van der Waals surface area contributed by atoms with E-state index in [1.54, 1.807) is 0 Å². The Labute approximate surface area is 123 Å². The molecule has 0 amide bonds. The van der Waals surface area contributed by atoms with Crippen molar-refractivity contribution in [2.75, 3.05) is 0 Å². The Bertz CT molecular complexity index is 637. The zero-order chi connectivity index (χ0) is 14.0. The number of rotatable bonds is 3. The number of aromatic amines is 1. The molecule has 2 heterocycles. The molecule has 4 nitrogen and oxygen atoms in total. The number of pyridine rings is 1. The molecule has 0 spiro atoms. The van der Waals surface area contributed by atoms with Gasteiger partial charge in [0.2, 0.25) is 0 Å². The first kappa shape index (κ1) is 14.1. The van der Waals surface area contributed by atoms with E-state index in [-0.39, 0.29) is 5.56 Å². The van der Waals surface area contributed by atoms with Crippen LogP contribution >= 0.6 is 22.6 Å². The molecule has 0 aliphatic rings. The summed E-state index contributed by atoms with van der Waals surface area (Å²) in [5.74, 6) is 0.358. The van der Waals surface area contributed by atoms with Crippen LogP contribution in [0.3, 0.4) is 0 Å². The highest BCUT2D eigenvalue weighted by atomic mass is 127. The van der Waals surface area contributed by atoms with Crippen LogP contribution in [0.2, 0.25) is 0 Å². The summed E-state index contributed by atoms with van der Waals surface area (Å²) in [5.41, 5.74) is 1.02. The molecule has 0 bridgehead atoms. The maximum atomic E-state index is 12.8. The molecule has 2 aromatic heterocycles. The minimum absolute atomic E-state index is 0.188. The third kappa shape index (κ3) is 3.37. The average Bonchev–Trinajstić information content (AvgIpc) is 2.35. The second-order valence-electron chi connectivity index (χ2n) is 4.63. The maximum Gasteiger partial charge on any atom is 0.264 e. The standard InChI is InChI=1S/C13H13FIN3O/c1-7(2)5-10-11(15)13(19)18-12(17-10)9-4-3-8(14)6-16-9/h3-4,6-7H,5H2,1-2H3,(H,17,18,19). The fourth-order valence-corrected chi connectivity index (χ4v) is 2.14. The van der Waals surface area contributed by atoms with Gasteiger partial charge in [0.1, 0.15) is 11.5 Å². The molecule has 0 aliphatic carbocycles. The molecule has 2 aromatic rings. The molecular weight excluding hydrogens is 360 g/mol. The average molecular weight is 373 g/mol. The third-order valence-electron chi connectivity index (χ3n) is 2.50. The van der Waals surface area contributed by atoms with Gasteiger partial charge in [0.25, 0.3) is 5.56 Å². The van der Waals surface area contributed by atoms with Gasteiger partial charge >= 0.3 is 0 Å². The predicted octanol–water partition coefficient (Wildman–Crippen LogP) is 2.77. The number of nitrogens with one attached hydrogen (secondary N) is 1. The van der Waals surface area contributed by atoms with Crippen molar-refractivity contribution in [3.8, 4) is 11.5 Å². The van der Waals surface area contributed by atoms with E-state index in [1.165, 1.54) is 12.1 Å². The van der Waals surface area contributed by atoms with Gasteiger partial charge in [0, 0.05) is 0 Å². The monoisotopic (exact) mass is 373 g/mol. The van der Waals surface area contributed by atoms with Gasteiger partial charge in [-0.05, 0) is 47.1 Å². The summed E-state index contributed by atoms with van der Waals surface area (Å²) in [6.07, 6.45) is 1.83. The lowest BCUT2D eigenvalue weighted by atomic mass is 10.1. The van der Waals surface area contributed by atoms with Crippen LogP contribution in [0.25, 0.3) is 11.5 Å². The number of halogens is 2. The first-order valence-electron chi connectivity index (χ1n) is 5.88. The van der Waals surface area contributed by atoms with Crippen LogP contribution in [0.5, 0.6) is 0 Å². The number of hydrogen-bond donors (Lipinski definition) is 1. The molecule has 100 valence electrons. The van der Waals surface area contributed by atoms with Gasteiger partial charge in [-0.3, -0.25) is 4.79 Å². The molecule has 2 rings (SSSR count). The quantitative estimate of drug-likeness (QED) is 0.842. The van der Waals surface area contributed by atoms with E-state index in [0.29, 0.717) is 21.0 Å². The lowest BCUT2D eigenvalue weighted by Gasteiger charge is -2.08. The van der Waals surface area contributed by atoms with Crippen molar-refractivity contribution in [2.24, 2.45) is 5.92 Å². The Balaban J connectivity index is 2.50. The van der Waals surface area contributed by atoms with Crippen molar-refractivity contribution in [3.63, 3.8) is 0 Å². The fourth-order valence-electron chi connectivity index (χ4n) is 1.66. The Kier molecular flexibility index (Phi) is 4.28. The van der Waals surface area contributed by atoms with Crippen LogP contribution in [-0.2, 0) is 6.42 Å². The van der Waals surface area contributed by atoms with Crippen LogP contribution in [0, 0.1) is 15.3 Å². The fraction of sp³-hybridized carbons (Fsp3) is 0.308. The lowest BCUT2D eigenvalue weighted by molar-refractivity contribution is 0.621. The third-order valence-corrected chi connectivity index (χ3v) is 3.62. The van der Waals surface area contributed by atoms with Crippen LogP contribution in [0.4, 0.5) is 4.39 Å². The molecule has 0 fully saturated rings. The highest BCUT2D eigenvalue weighted by Crippen LogP contribution is 2.15. The van der Waals surface area contributed by atoms with E-state index in [9.17, 15) is 9.18 Å². The van der Waals surface area contributed by atoms with E-state index in [2.05, 4.69) is 28.8 Å². The van der Waals surface area contributed by atoms with Crippen molar-refractivity contribution >= 4 is 22.6 Å². The molecule has 1 N–H and O–H groups in total. The molecule has 19 heavy (non-hydrogen) atoms. The van der Waals surface area contributed by atoms with Gasteiger partial charge in [-0.15, -0.1) is 0 Å². The summed E-state index contributed by atoms with van der Waals surface area (Å²) >= 11 is 1.99. The second kappa shape index (κ2) is 5.77. The summed E-state index contributed by atoms with van der Waals surface area (Å²) in [5, 5.41) is 0. The largest absolute Gasteiger partial charge is 0.304 e. The minimum atomic E-state index is -0.418. The van der Waals surface area contributed by atoms with Crippen LogP contribution in [0.15, 0.2) is 23.1 Å². The number of aromatic nitrogens is 3. The zero-order valence-electron chi connectivity index (χ0n) is 10.6. The van der Waals surface area contributed by atoms with E-state index in [0.717, 1.165) is 18.3 Å². The lowest BCUT2D eigenvalue weighted by Crippen LogP contribution is -2.17. The van der Waals surface area contributed by atoms with E-state index < -0.39 is 5.82 Å². The Hall–Kier alpha value is -1.31. The van der Waals surface area contributed by atoms with Crippen molar-refractivity contribution in [2.45, 2.75) is 20.3 Å². The highest BCUT2D eigenvalue weighted by Gasteiger charge is 2.12. The summed E-state index contributed by atoms with van der Waals surface area (Å²) in [6, 6.07) is 2.79. The molecule has 6 heteroatoms. The summed E-state index contributed by atoms with van der Waals surface area (Å²) in [6.45, 7) is 4.13. The summed E-state index contributed by atoms with van der Waals surface area (Å²) < 4.78 is 13.4. The van der Waals surface area contributed by atoms with Crippen LogP contribution in [0.1, 0.15) is 19.5 Å². The first-order valence-corrected chi connectivity index (χ1v) is 6.96. The maximum absolute atomic E-state index is 12.8. The van der Waals surface area contributed by atoms with Crippen molar-refractivity contribution in [1.82, 2.24) is 15.0 Å². The molecule has 0 aliphatic heterocycles. The van der Waals surface area contributed by atoms with Crippen LogP contribution < -0.4 is 5.56 Å². The minimum Gasteiger partial charge on any atom is -0.304 e. The van der Waals surface area contributed by atoms with Crippen LogP contribution in [-0.4, -0.2) is 15.0 Å². The SMILES string of the molecule is CC(C)Cc1nc(-c2ccc(F)cn2)[nH]c(=O)c1I. The van der Waals surface area contributed by atoms with Crippen molar-refractivity contribution < 1.29 is 4.39 Å². The number of nitrogens with zero attached hydrogens (tertiary/aromatic N) is 2. The van der Waals surface area contributed by atoms with Crippen molar-refractivity contribution in [3.05, 3.63) is 43.8 Å². The van der Waals surface area contributed by atoms with Gasteiger partial charge in [-0.2, -0.15) is 0 Å². The van der Waals surface area contributed by atoms with Gasteiger partial charge in [-0.1, -0.05) is 13.8 Å². The van der Waals surface area contributed by atoms with Gasteiger partial charge in [0.05, 0.1) is 15.5 Å². The van der Waals surface area contributed by atoms with Gasteiger partial charge < -0.3 is 4.98 Å². The summed E-state index contributed by atoms with van der Waals surface area (Å²) in [7, 11) is 0. The molecule has 0 aromatic carbocycles. The highest BCUT2D eigenvalue weighted by molar-refractivity contribution is 14.1. The van der Waals surface area contributed by atoms with E-state index in [1.807, 2.05) is 22.6 Å². The molecule has 0 atom stereocenters. The molecule has 0 saturated carbocycles. The van der Waals surface area contributed by atoms with E-state index >= 15 is 0 Å². The Morgan fingerprint density at radius 3 is 2.74 bits per heavy atom. The molecule has 0 radical (unpaired) electrons. The zero-order valence-corrected chi connectivity index (χ0v) is 12.7. The molecule has 0 saturated heterocycles. The van der Waals surface area contributed by atoms with Gasteiger partial charge in [-0.25, -0.2) is 14.4 Å². The van der Waals surface area contributed by atoms with Gasteiger partial charge in [0.15, 0.2) is 5.82 Å². The van der Waals surface area contributed by atoms with E-state index in [4.69, 9.17) is 0 Å². The predicted molar refractivity (Wildman–Crippen MR) is 79.3 cm³/mol. The molecule has 0 unspecified atom stereocenters. The Morgan fingerprint density at radius 2 is 2.16 bits per heavy atom.